The Morgan fingerprint density at radius 2 is 1.95 bits per heavy atom. The quantitative estimate of drug-likeness (QED) is 0.898. The third-order valence-corrected chi connectivity index (χ3v) is 6.28. The lowest BCUT2D eigenvalue weighted by molar-refractivity contribution is 0.0945. The Morgan fingerprint density at radius 3 is 2.67 bits per heavy atom. The van der Waals surface area contributed by atoms with Crippen LogP contribution in [0.4, 0.5) is 0 Å². The monoisotopic (exact) mass is 308 g/mol. The van der Waals surface area contributed by atoms with Crippen molar-refractivity contribution in [1.29, 1.82) is 0 Å². The summed E-state index contributed by atoms with van der Waals surface area (Å²) >= 11 is 0. The molecule has 0 aliphatic carbocycles. The molecule has 21 heavy (non-hydrogen) atoms. The number of piperidine rings is 1. The molecule has 5 nitrogen and oxygen atoms in total. The average Bonchev–Trinajstić information content (AvgIpc) is 2.48. The van der Waals surface area contributed by atoms with Gasteiger partial charge >= 0.3 is 0 Å². The summed E-state index contributed by atoms with van der Waals surface area (Å²) in [6.45, 7) is 3.88. The van der Waals surface area contributed by atoms with Crippen molar-refractivity contribution in [1.82, 2.24) is 9.62 Å². The molecular formula is C15H20N2O3S. The van der Waals surface area contributed by atoms with Crippen LogP contribution >= 0.6 is 0 Å². The van der Waals surface area contributed by atoms with Crippen molar-refractivity contribution >= 4 is 15.9 Å². The summed E-state index contributed by atoms with van der Waals surface area (Å²) in [5, 5.41) is 2.75. The van der Waals surface area contributed by atoms with Crippen LogP contribution in [0.3, 0.4) is 0 Å². The largest absolute Gasteiger partial charge is 0.352 e. The van der Waals surface area contributed by atoms with Gasteiger partial charge in [0.15, 0.2) is 0 Å². The van der Waals surface area contributed by atoms with Gasteiger partial charge < -0.3 is 5.32 Å². The van der Waals surface area contributed by atoms with Crippen LogP contribution in [-0.2, 0) is 16.4 Å². The number of carbonyl (C=O) groups excluding carboxylic acids is 1. The van der Waals surface area contributed by atoms with E-state index in [9.17, 15) is 13.2 Å². The van der Waals surface area contributed by atoms with E-state index in [0.29, 0.717) is 31.1 Å². The van der Waals surface area contributed by atoms with Gasteiger partial charge in [0, 0.05) is 25.2 Å². The molecule has 2 aliphatic heterocycles. The molecule has 2 aliphatic rings. The first-order valence-electron chi connectivity index (χ1n) is 7.40. The van der Waals surface area contributed by atoms with E-state index in [-0.39, 0.29) is 10.8 Å². The third kappa shape index (κ3) is 2.70. The minimum Gasteiger partial charge on any atom is -0.352 e. The third-order valence-electron chi connectivity index (χ3n) is 4.39. The molecular weight excluding hydrogens is 288 g/mol. The molecule has 0 unspecified atom stereocenters. The predicted octanol–water partition coefficient (Wildman–Crippen LogP) is 1.39. The van der Waals surface area contributed by atoms with Gasteiger partial charge in [0.05, 0.1) is 4.90 Å². The Labute approximate surface area is 125 Å². The summed E-state index contributed by atoms with van der Waals surface area (Å²) in [6.07, 6.45) is 2.54. The van der Waals surface area contributed by atoms with Crippen LogP contribution in [0, 0.1) is 5.92 Å². The Balaban J connectivity index is 1.92. The van der Waals surface area contributed by atoms with Crippen molar-refractivity contribution in [3.8, 4) is 0 Å². The molecule has 1 amide bonds. The van der Waals surface area contributed by atoms with Gasteiger partial charge in [0.25, 0.3) is 5.91 Å². The molecule has 3 rings (SSSR count). The maximum absolute atomic E-state index is 12.7. The standard InChI is InChI=1S/C15H20N2O3S/c1-11-5-8-17(9-6-11)21(19,20)13-3-2-12-4-7-16-15(18)14(12)10-13/h2-3,10-11H,4-9H2,1H3,(H,16,18). The smallest absolute Gasteiger partial charge is 0.251 e. The van der Waals surface area contributed by atoms with E-state index in [4.69, 9.17) is 0 Å². The zero-order chi connectivity index (χ0) is 15.0. The van der Waals surface area contributed by atoms with Crippen LogP contribution in [-0.4, -0.2) is 38.3 Å². The molecule has 0 aromatic heterocycles. The number of fused-ring (bicyclic) bond motifs is 1. The van der Waals surface area contributed by atoms with Crippen molar-refractivity contribution in [2.45, 2.75) is 31.1 Å². The van der Waals surface area contributed by atoms with Gasteiger partial charge in [-0.05, 0) is 42.9 Å². The van der Waals surface area contributed by atoms with E-state index in [1.165, 1.54) is 10.4 Å². The van der Waals surface area contributed by atoms with Crippen molar-refractivity contribution in [2.24, 2.45) is 5.92 Å². The normalized spacial score (nSPS) is 20.9. The van der Waals surface area contributed by atoms with Crippen LogP contribution in [0.1, 0.15) is 35.7 Å². The topological polar surface area (TPSA) is 66.5 Å². The first-order chi connectivity index (χ1) is 9.98. The maximum Gasteiger partial charge on any atom is 0.251 e. The lowest BCUT2D eigenvalue weighted by atomic mass is 10.0. The Bertz CT molecular complexity index is 661. The highest BCUT2D eigenvalue weighted by molar-refractivity contribution is 7.89. The van der Waals surface area contributed by atoms with Gasteiger partial charge in [-0.25, -0.2) is 8.42 Å². The maximum atomic E-state index is 12.7. The summed E-state index contributed by atoms with van der Waals surface area (Å²) in [5.41, 5.74) is 1.41. The predicted molar refractivity (Wildman–Crippen MR) is 79.6 cm³/mol. The highest BCUT2D eigenvalue weighted by Crippen LogP contribution is 2.25. The van der Waals surface area contributed by atoms with Gasteiger partial charge in [0.2, 0.25) is 10.0 Å². The second-order valence-corrected chi connectivity index (χ2v) is 7.85. The summed E-state index contributed by atoms with van der Waals surface area (Å²) < 4.78 is 26.9. The van der Waals surface area contributed by atoms with Crippen molar-refractivity contribution in [3.63, 3.8) is 0 Å². The zero-order valence-electron chi connectivity index (χ0n) is 12.1. The molecule has 114 valence electrons. The number of hydrogen-bond donors (Lipinski definition) is 1. The van der Waals surface area contributed by atoms with Crippen LogP contribution in [0.2, 0.25) is 0 Å². The van der Waals surface area contributed by atoms with Crippen LogP contribution in [0.15, 0.2) is 23.1 Å². The number of benzene rings is 1. The van der Waals surface area contributed by atoms with Crippen molar-refractivity contribution in [2.75, 3.05) is 19.6 Å². The second-order valence-electron chi connectivity index (χ2n) is 5.91. The highest BCUT2D eigenvalue weighted by atomic mass is 32.2. The van der Waals surface area contributed by atoms with Gasteiger partial charge in [-0.2, -0.15) is 4.31 Å². The molecule has 1 N–H and O–H groups in total. The molecule has 0 bridgehead atoms. The van der Waals surface area contributed by atoms with Crippen molar-refractivity contribution < 1.29 is 13.2 Å². The van der Waals surface area contributed by atoms with Gasteiger partial charge in [-0.3, -0.25) is 4.79 Å². The lowest BCUT2D eigenvalue weighted by Gasteiger charge is -2.29. The molecule has 1 aromatic carbocycles. The summed E-state index contributed by atoms with van der Waals surface area (Å²) in [4.78, 5) is 12.1. The number of amides is 1. The van der Waals surface area contributed by atoms with E-state index >= 15 is 0 Å². The number of hydrogen-bond acceptors (Lipinski definition) is 3. The van der Waals surface area contributed by atoms with Gasteiger partial charge in [-0.1, -0.05) is 13.0 Å². The molecule has 2 heterocycles. The lowest BCUT2D eigenvalue weighted by Crippen LogP contribution is -2.38. The second kappa shape index (κ2) is 5.42. The van der Waals surface area contributed by atoms with E-state index < -0.39 is 10.0 Å². The minimum atomic E-state index is -3.49. The summed E-state index contributed by atoms with van der Waals surface area (Å²) in [5.74, 6) is 0.395. The van der Waals surface area contributed by atoms with E-state index in [1.54, 1.807) is 12.1 Å². The Kier molecular flexibility index (Phi) is 3.75. The fraction of sp³-hybridized carbons (Fsp3) is 0.533. The fourth-order valence-electron chi connectivity index (χ4n) is 2.93. The van der Waals surface area contributed by atoms with Crippen molar-refractivity contribution in [3.05, 3.63) is 29.3 Å². The molecule has 1 fully saturated rings. The Hall–Kier alpha value is -1.40. The Morgan fingerprint density at radius 1 is 1.24 bits per heavy atom. The average molecular weight is 308 g/mol. The first kappa shape index (κ1) is 14.5. The minimum absolute atomic E-state index is 0.180. The summed E-state index contributed by atoms with van der Waals surface area (Å²) in [6, 6.07) is 4.93. The number of carbonyl (C=O) groups is 1. The molecule has 0 radical (unpaired) electrons. The van der Waals surface area contributed by atoms with Crippen LogP contribution in [0.25, 0.3) is 0 Å². The SMILES string of the molecule is CC1CCN(S(=O)(=O)c2ccc3c(c2)C(=O)NCC3)CC1. The van der Waals surface area contributed by atoms with Gasteiger partial charge in [-0.15, -0.1) is 0 Å². The number of sulfonamides is 1. The molecule has 1 saturated heterocycles. The molecule has 6 heteroatoms. The van der Waals surface area contributed by atoms with E-state index in [0.717, 1.165) is 24.8 Å². The molecule has 0 atom stereocenters. The molecule has 0 saturated carbocycles. The molecule has 1 aromatic rings. The van der Waals surface area contributed by atoms with E-state index in [1.807, 2.05) is 0 Å². The number of nitrogens with one attached hydrogen (secondary N) is 1. The fourth-order valence-corrected chi connectivity index (χ4v) is 4.42. The molecule has 0 spiro atoms. The first-order valence-corrected chi connectivity index (χ1v) is 8.84. The van der Waals surface area contributed by atoms with Gasteiger partial charge in [0.1, 0.15) is 0 Å². The van der Waals surface area contributed by atoms with E-state index in [2.05, 4.69) is 12.2 Å². The zero-order valence-corrected chi connectivity index (χ0v) is 12.9. The van der Waals surface area contributed by atoms with Crippen LogP contribution in [0.5, 0.6) is 0 Å². The van der Waals surface area contributed by atoms with Crippen LogP contribution < -0.4 is 5.32 Å². The number of rotatable bonds is 2. The summed E-state index contributed by atoms with van der Waals surface area (Å²) in [7, 11) is -3.49. The highest BCUT2D eigenvalue weighted by Gasteiger charge is 2.29. The number of nitrogens with zero attached hydrogens (tertiary/aromatic N) is 1.